The molecule has 1 fully saturated rings. The molecule has 1 spiro atoms. The quantitative estimate of drug-likeness (QED) is 0.0678. The van der Waals surface area contributed by atoms with Gasteiger partial charge in [0.2, 0.25) is 5.69 Å². The largest absolute Gasteiger partial charge is 0.507 e. The number of phenols is 1. The van der Waals surface area contributed by atoms with Crippen molar-refractivity contribution in [1.29, 1.82) is 0 Å². The molecule has 2 aromatic heterocycles. The van der Waals surface area contributed by atoms with Crippen molar-refractivity contribution in [2.45, 2.75) is 51.4 Å². The van der Waals surface area contributed by atoms with Crippen molar-refractivity contribution in [2.24, 2.45) is 20.4 Å². The Morgan fingerprint density at radius 3 is 1.77 bits per heavy atom. The molecule has 4 aliphatic rings. The number of para-hydroxylation sites is 1. The number of aliphatic hydroxyl groups is 2. The van der Waals surface area contributed by atoms with Crippen molar-refractivity contribution in [3.8, 4) is 5.75 Å². The minimum Gasteiger partial charge on any atom is -0.507 e. The van der Waals surface area contributed by atoms with Gasteiger partial charge in [0, 0.05) is 99.0 Å². The number of rotatable bonds is 9. The van der Waals surface area contributed by atoms with Gasteiger partial charge in [0.1, 0.15) is 35.7 Å². The smallest absolute Gasteiger partial charge is 0.319 e. The fraction of sp³-hybridized carbons (Fsp3) is 0.250. The third kappa shape index (κ3) is 11.9. The van der Waals surface area contributed by atoms with Crippen LogP contribution in [0.15, 0.2) is 129 Å². The molecule has 0 saturated heterocycles. The van der Waals surface area contributed by atoms with Gasteiger partial charge < -0.3 is 40.4 Å². The van der Waals surface area contributed by atoms with E-state index in [-0.39, 0.29) is 76.3 Å². The zero-order valence-electron chi connectivity index (χ0n) is 35.7. The van der Waals surface area contributed by atoms with Crippen LogP contribution in [0.4, 0.5) is 21.4 Å². The Labute approximate surface area is 395 Å². The average molecular weight is 979 g/mol. The van der Waals surface area contributed by atoms with E-state index in [4.69, 9.17) is 0 Å². The fourth-order valence-corrected chi connectivity index (χ4v) is 8.59. The summed E-state index contributed by atoms with van der Waals surface area (Å²) < 4.78 is 2.36. The number of anilines is 1. The summed E-state index contributed by atoms with van der Waals surface area (Å²) in [7, 11) is 2.19. The van der Waals surface area contributed by atoms with Crippen LogP contribution in [0.1, 0.15) is 57.1 Å². The second-order valence-corrected chi connectivity index (χ2v) is 16.5. The number of carbonyl (C=O) groups is 2. The molecule has 3 N–H and O–H groups in total. The molecule has 3 aliphatic carbocycles. The molecular formula is C44H43CoN10O9S2-. The second-order valence-electron chi connectivity index (χ2n) is 14.5. The van der Waals surface area contributed by atoms with Crippen LogP contribution in [0.5, 0.6) is 5.75 Å². The number of aromatic nitrogens is 2. The van der Waals surface area contributed by atoms with Crippen LogP contribution in [0.3, 0.4) is 0 Å². The van der Waals surface area contributed by atoms with Crippen LogP contribution in [0.2, 0.25) is 0 Å². The van der Waals surface area contributed by atoms with E-state index in [0.29, 0.717) is 5.75 Å². The Kier molecular flexibility index (Phi) is 17.1. The number of hydrogen-bond acceptors (Lipinski definition) is 16. The van der Waals surface area contributed by atoms with Crippen molar-refractivity contribution in [3.63, 3.8) is 0 Å². The van der Waals surface area contributed by atoms with Gasteiger partial charge in [0.05, 0.1) is 15.3 Å². The van der Waals surface area contributed by atoms with Crippen molar-refractivity contribution in [2.75, 3.05) is 25.0 Å². The van der Waals surface area contributed by atoms with E-state index < -0.39 is 9.85 Å². The third-order valence-corrected chi connectivity index (χ3v) is 12.3. The zero-order valence-corrected chi connectivity index (χ0v) is 38.4. The van der Waals surface area contributed by atoms with Crippen molar-refractivity contribution < 1.29 is 56.1 Å². The molecule has 345 valence electrons. The minimum absolute atomic E-state index is 0. The van der Waals surface area contributed by atoms with Gasteiger partial charge >= 0.3 is 10.0 Å². The number of ketones is 2. The predicted octanol–water partition coefficient (Wildman–Crippen LogP) is 6.78. The molecule has 0 bridgehead atoms. The van der Waals surface area contributed by atoms with Gasteiger partial charge in [-0.1, -0.05) is 60.1 Å². The maximum Gasteiger partial charge on any atom is 0.319 e. The van der Waals surface area contributed by atoms with Crippen LogP contribution in [-0.4, -0.2) is 78.6 Å². The van der Waals surface area contributed by atoms with Crippen LogP contribution in [0.25, 0.3) is 6.08 Å². The second kappa shape index (κ2) is 22.7. The molecule has 1 saturated carbocycles. The first-order valence-electron chi connectivity index (χ1n) is 20.2. The number of nitrogens with zero attached hydrogens (tertiary/aromatic N) is 10. The molecule has 8 rings (SSSR count). The number of benzene rings is 2. The van der Waals surface area contributed by atoms with Gasteiger partial charge in [-0.2, -0.15) is 4.58 Å². The number of hydrogen-bond donors (Lipinski definition) is 3. The summed E-state index contributed by atoms with van der Waals surface area (Å²) in [5, 5.41) is 64.5. The van der Waals surface area contributed by atoms with E-state index in [1.165, 1.54) is 73.4 Å². The van der Waals surface area contributed by atoms with Gasteiger partial charge in [-0.25, -0.2) is 0 Å². The molecule has 0 amide bonds. The van der Waals surface area contributed by atoms with Crippen LogP contribution < -0.4 is 24.5 Å². The minimum atomic E-state index is -0.583. The van der Waals surface area contributed by atoms with Crippen LogP contribution in [-0.2, 0) is 31.8 Å². The summed E-state index contributed by atoms with van der Waals surface area (Å²) in [6.07, 6.45) is 19.8. The predicted molar refractivity (Wildman–Crippen MR) is 247 cm³/mol. The number of fused-ring (bicyclic) bond motifs is 2. The van der Waals surface area contributed by atoms with E-state index >= 15 is 0 Å². The molecule has 22 heteroatoms. The molecule has 1 aliphatic heterocycles. The average Bonchev–Trinajstić information content (AvgIpc) is 4.03. The summed E-state index contributed by atoms with van der Waals surface area (Å²) in [5.74, 6) is -0.968. The van der Waals surface area contributed by atoms with E-state index in [2.05, 4.69) is 103 Å². The molecule has 4 aromatic rings. The number of aliphatic hydroxyl groups excluding tert-OH is 2. The van der Waals surface area contributed by atoms with Crippen molar-refractivity contribution in [1.82, 2.24) is 9.97 Å². The van der Waals surface area contributed by atoms with Gasteiger partial charge in [0.25, 0.3) is 0 Å². The van der Waals surface area contributed by atoms with Crippen molar-refractivity contribution >= 4 is 78.8 Å². The third-order valence-electron chi connectivity index (χ3n) is 10.6. The van der Waals surface area contributed by atoms with E-state index in [9.17, 15) is 45.1 Å². The molecule has 19 nitrogen and oxygen atoms in total. The number of carbonyl (C=O) groups excluding carboxylic acids is 2. The van der Waals surface area contributed by atoms with E-state index in [1.807, 2.05) is 12.1 Å². The van der Waals surface area contributed by atoms with Crippen molar-refractivity contribution in [3.05, 3.63) is 150 Å². The van der Waals surface area contributed by atoms with Crippen LogP contribution >= 0.6 is 22.7 Å². The first-order valence-corrected chi connectivity index (χ1v) is 21.9. The summed E-state index contributed by atoms with van der Waals surface area (Å²) in [4.78, 5) is 51.2. The standard InChI is InChI=1S/C26H32N2O.2C9H6N4O4S.Co/c1-4-28(5-2)21-15-13-20(24(29)19-21)14-16-25-26(17-9-6-10-18-26)22-11-7-8-12-23(22)27(25)3;2*14-5-1-2-6(7(15)3-5)11-12-9-10-4-8(18-9)13(16)17;/h7-8,11-16,19H,4-6,9-10,17-18H2,1-3H3;2*1-4H,(H2,10,12,14,15);/p-1. The summed E-state index contributed by atoms with van der Waals surface area (Å²) in [6, 6.07) is 14.9. The molecule has 3 heterocycles. The number of nitro groups is 2. The molecule has 0 unspecified atom stereocenters. The van der Waals surface area contributed by atoms with Crippen LogP contribution in [0, 0.1) is 20.2 Å². The molecular weight excluding hydrogens is 936 g/mol. The maximum absolute atomic E-state index is 10.9. The molecule has 1 radical (unpaired) electrons. The molecule has 2 aromatic carbocycles. The zero-order chi connectivity index (χ0) is 46.7. The van der Waals surface area contributed by atoms with Gasteiger partial charge in [-0.3, -0.25) is 40.0 Å². The SMILES string of the molecule is CCN(CC)c1ccc(/C=C/C2=[N+](C)c3ccccc3C23CCCCC3)c(O)c1.O=C1C=CC(=NN=c2[n-]cc([N+](=O)[O-])s2)C(O)=C1.O=C1C=CC(=NN=c2[n-]cc([N+](=O)[O-])s2)C(O)=C1.[Co]. The summed E-state index contributed by atoms with van der Waals surface area (Å²) in [5.41, 5.74) is 6.43. The first kappa shape index (κ1) is 49.9. The summed E-state index contributed by atoms with van der Waals surface area (Å²) in [6.45, 7) is 6.16. The summed E-state index contributed by atoms with van der Waals surface area (Å²) >= 11 is 1.51. The Bertz CT molecular complexity index is 2790. The Morgan fingerprint density at radius 1 is 0.773 bits per heavy atom. The Morgan fingerprint density at radius 2 is 1.30 bits per heavy atom. The number of phenolic OH excluding ortho intramolecular Hbond substituents is 1. The van der Waals surface area contributed by atoms with E-state index in [1.54, 1.807) is 0 Å². The van der Waals surface area contributed by atoms with Gasteiger partial charge in [-0.15, -0.1) is 0 Å². The fourth-order valence-electron chi connectivity index (χ4n) is 7.48. The number of aromatic hydroxyl groups is 1. The van der Waals surface area contributed by atoms with Gasteiger partial charge in [0.15, 0.2) is 17.3 Å². The molecule has 0 atom stereocenters. The number of allylic oxidation sites excluding steroid dienone is 7. The monoisotopic (exact) mass is 978 g/mol. The topological polar surface area (TPSA) is 265 Å². The van der Waals surface area contributed by atoms with E-state index in [0.717, 1.165) is 71.6 Å². The molecule has 66 heavy (non-hydrogen) atoms. The Balaban J connectivity index is 0.000000193. The van der Waals surface area contributed by atoms with Gasteiger partial charge in [-0.05, 0) is 69.2 Å². The maximum atomic E-state index is 10.9. The number of thiazole rings is 2. The first-order chi connectivity index (χ1) is 31.2. The Hall–Kier alpha value is -7.14. The normalized spacial score (nSPS) is 17.8.